The van der Waals surface area contributed by atoms with Gasteiger partial charge < -0.3 is 4.57 Å². The minimum atomic E-state index is 0.797. The summed E-state index contributed by atoms with van der Waals surface area (Å²) in [5.74, 6) is 1.74. The van der Waals surface area contributed by atoms with E-state index in [2.05, 4.69) is 69.7 Å². The normalized spacial score (nSPS) is 11.2. The van der Waals surface area contributed by atoms with Crippen molar-refractivity contribution in [1.29, 1.82) is 0 Å². The summed E-state index contributed by atoms with van der Waals surface area (Å²) < 4.78 is 2.17. The maximum atomic E-state index is 4.78. The number of aryl methyl sites for hydroxylation is 1. The zero-order valence-electron chi connectivity index (χ0n) is 14.5. The molecule has 3 aromatic heterocycles. The van der Waals surface area contributed by atoms with Gasteiger partial charge in [0.2, 0.25) is 0 Å². The summed E-state index contributed by atoms with van der Waals surface area (Å²) in [6.45, 7) is 5.08. The van der Waals surface area contributed by atoms with E-state index in [9.17, 15) is 0 Å². The molecule has 0 radical (unpaired) electrons. The molecular weight excluding hydrogens is 380 g/mol. The van der Waals surface area contributed by atoms with Crippen LogP contribution in [0.1, 0.15) is 18.2 Å². The number of hydrogen-bond donors (Lipinski definition) is 0. The molecular formula is C19H18N4S3. The molecule has 3 heterocycles. The lowest BCUT2D eigenvalue weighted by molar-refractivity contribution is 0.688. The molecule has 26 heavy (non-hydrogen) atoms. The second kappa shape index (κ2) is 7.73. The van der Waals surface area contributed by atoms with Crippen LogP contribution >= 0.6 is 34.4 Å². The summed E-state index contributed by atoms with van der Waals surface area (Å²) in [6.07, 6.45) is 0. The van der Waals surface area contributed by atoms with Gasteiger partial charge in [-0.05, 0) is 25.3 Å². The Morgan fingerprint density at radius 1 is 1.08 bits per heavy atom. The fourth-order valence-electron chi connectivity index (χ4n) is 2.61. The average Bonchev–Trinajstić information content (AvgIpc) is 3.40. The number of nitrogens with zero attached hydrogens (tertiary/aromatic N) is 4. The summed E-state index contributed by atoms with van der Waals surface area (Å²) >= 11 is 5.08. The van der Waals surface area contributed by atoms with E-state index in [1.54, 1.807) is 34.4 Å². The van der Waals surface area contributed by atoms with Crippen LogP contribution < -0.4 is 0 Å². The Morgan fingerprint density at radius 3 is 2.65 bits per heavy atom. The standard InChI is InChI=1S/C19H18N4S3/c1-3-23-17(16-5-4-10-24-16)21-22-19(23)26-12-15-11-25-18(20-15)14-8-6-13(2)7-9-14/h4-11H,3,12H2,1-2H3. The first kappa shape index (κ1) is 17.5. The van der Waals surface area contributed by atoms with Crippen LogP contribution in [0, 0.1) is 6.92 Å². The van der Waals surface area contributed by atoms with Gasteiger partial charge >= 0.3 is 0 Å². The lowest BCUT2D eigenvalue weighted by Crippen LogP contribution is -1.99. The van der Waals surface area contributed by atoms with Crippen molar-refractivity contribution in [2.75, 3.05) is 0 Å². The quantitative estimate of drug-likeness (QED) is 0.388. The highest BCUT2D eigenvalue weighted by Crippen LogP contribution is 2.30. The molecule has 132 valence electrons. The van der Waals surface area contributed by atoms with Gasteiger partial charge in [0.05, 0.1) is 10.6 Å². The molecule has 0 atom stereocenters. The minimum Gasteiger partial charge on any atom is -0.302 e. The topological polar surface area (TPSA) is 43.6 Å². The van der Waals surface area contributed by atoms with Crippen molar-refractivity contribution in [3.05, 3.63) is 58.4 Å². The SMILES string of the molecule is CCn1c(SCc2csc(-c3ccc(C)cc3)n2)nnc1-c1cccs1. The van der Waals surface area contributed by atoms with Crippen molar-refractivity contribution in [1.82, 2.24) is 19.7 Å². The third-order valence-electron chi connectivity index (χ3n) is 3.97. The Bertz CT molecular complexity index is 984. The van der Waals surface area contributed by atoms with E-state index in [4.69, 9.17) is 4.98 Å². The molecule has 0 fully saturated rings. The monoisotopic (exact) mass is 398 g/mol. The van der Waals surface area contributed by atoms with Gasteiger partial charge in [0.1, 0.15) is 5.01 Å². The van der Waals surface area contributed by atoms with Crippen LogP contribution in [0.15, 0.2) is 52.3 Å². The summed E-state index contributed by atoms with van der Waals surface area (Å²) in [7, 11) is 0. The highest BCUT2D eigenvalue weighted by Gasteiger charge is 2.14. The number of rotatable bonds is 6. The van der Waals surface area contributed by atoms with Gasteiger partial charge in [-0.1, -0.05) is 47.7 Å². The molecule has 0 saturated heterocycles. The van der Waals surface area contributed by atoms with Crippen molar-refractivity contribution in [2.24, 2.45) is 0 Å². The number of thioether (sulfide) groups is 1. The van der Waals surface area contributed by atoms with Crippen LogP contribution in [-0.2, 0) is 12.3 Å². The zero-order chi connectivity index (χ0) is 17.9. The summed E-state index contributed by atoms with van der Waals surface area (Å²) in [4.78, 5) is 5.93. The maximum Gasteiger partial charge on any atom is 0.191 e. The van der Waals surface area contributed by atoms with Gasteiger partial charge in [-0.3, -0.25) is 0 Å². The Balaban J connectivity index is 1.49. The molecule has 0 amide bonds. The predicted octanol–water partition coefficient (Wildman–Crippen LogP) is 5.75. The second-order valence-corrected chi connectivity index (χ2v) is 8.57. The average molecular weight is 399 g/mol. The Labute approximate surface area is 165 Å². The lowest BCUT2D eigenvalue weighted by atomic mass is 10.2. The smallest absolute Gasteiger partial charge is 0.191 e. The van der Waals surface area contributed by atoms with Gasteiger partial charge in [0.25, 0.3) is 0 Å². The molecule has 0 N–H and O–H groups in total. The molecule has 4 nitrogen and oxygen atoms in total. The molecule has 4 aromatic rings. The van der Waals surface area contributed by atoms with Crippen molar-refractivity contribution in [3.63, 3.8) is 0 Å². The van der Waals surface area contributed by atoms with E-state index in [-0.39, 0.29) is 0 Å². The molecule has 0 aliphatic heterocycles. The lowest BCUT2D eigenvalue weighted by Gasteiger charge is -2.05. The van der Waals surface area contributed by atoms with E-state index in [1.165, 1.54) is 11.1 Å². The largest absolute Gasteiger partial charge is 0.302 e. The molecule has 0 spiro atoms. The van der Waals surface area contributed by atoms with E-state index in [1.807, 2.05) is 6.07 Å². The van der Waals surface area contributed by atoms with Crippen molar-refractivity contribution in [3.8, 4) is 21.3 Å². The summed E-state index contributed by atoms with van der Waals surface area (Å²) in [5, 5.41) is 15.0. The summed E-state index contributed by atoms with van der Waals surface area (Å²) in [6, 6.07) is 12.6. The molecule has 0 aliphatic carbocycles. The van der Waals surface area contributed by atoms with E-state index < -0.39 is 0 Å². The molecule has 0 bridgehead atoms. The van der Waals surface area contributed by atoms with E-state index >= 15 is 0 Å². The van der Waals surface area contributed by atoms with Gasteiger partial charge in [-0.2, -0.15) is 0 Å². The third-order valence-corrected chi connectivity index (χ3v) is 6.78. The van der Waals surface area contributed by atoms with Crippen molar-refractivity contribution in [2.45, 2.75) is 31.3 Å². The molecule has 0 saturated carbocycles. The van der Waals surface area contributed by atoms with Crippen LogP contribution in [0.2, 0.25) is 0 Å². The molecule has 4 rings (SSSR count). The number of benzene rings is 1. The third kappa shape index (κ3) is 3.60. The fourth-order valence-corrected chi connectivity index (χ4v) is 5.15. The van der Waals surface area contributed by atoms with Gasteiger partial charge in [0, 0.05) is 23.2 Å². The zero-order valence-corrected chi connectivity index (χ0v) is 17.0. The van der Waals surface area contributed by atoms with Gasteiger partial charge in [-0.25, -0.2) is 4.98 Å². The number of aromatic nitrogens is 4. The fraction of sp³-hybridized carbons (Fsp3) is 0.211. The summed E-state index contributed by atoms with van der Waals surface area (Å²) in [5.41, 5.74) is 3.52. The van der Waals surface area contributed by atoms with Gasteiger partial charge in [-0.15, -0.1) is 32.9 Å². The van der Waals surface area contributed by atoms with Crippen molar-refractivity contribution < 1.29 is 0 Å². The first-order valence-corrected chi connectivity index (χ1v) is 11.1. The minimum absolute atomic E-state index is 0.797. The van der Waals surface area contributed by atoms with E-state index in [0.717, 1.165) is 38.9 Å². The molecule has 7 heteroatoms. The first-order valence-electron chi connectivity index (χ1n) is 8.36. The second-order valence-electron chi connectivity index (χ2n) is 5.83. The Hall–Kier alpha value is -1.96. The van der Waals surface area contributed by atoms with Gasteiger partial charge in [0.15, 0.2) is 11.0 Å². The van der Waals surface area contributed by atoms with Crippen molar-refractivity contribution >= 4 is 34.4 Å². The van der Waals surface area contributed by atoms with Crippen LogP contribution in [0.3, 0.4) is 0 Å². The Kier molecular flexibility index (Phi) is 5.19. The van der Waals surface area contributed by atoms with Crippen LogP contribution in [-0.4, -0.2) is 19.7 Å². The predicted molar refractivity (Wildman–Crippen MR) is 111 cm³/mol. The van der Waals surface area contributed by atoms with Crippen LogP contribution in [0.4, 0.5) is 0 Å². The highest BCUT2D eigenvalue weighted by atomic mass is 32.2. The molecule has 1 aromatic carbocycles. The molecule has 0 aliphatic rings. The Morgan fingerprint density at radius 2 is 1.92 bits per heavy atom. The number of thiazole rings is 1. The maximum absolute atomic E-state index is 4.78. The molecule has 0 unspecified atom stereocenters. The van der Waals surface area contributed by atoms with Crippen LogP contribution in [0.25, 0.3) is 21.3 Å². The number of hydrogen-bond acceptors (Lipinski definition) is 6. The highest BCUT2D eigenvalue weighted by molar-refractivity contribution is 7.98. The number of thiophene rings is 1. The van der Waals surface area contributed by atoms with E-state index in [0.29, 0.717) is 0 Å². The first-order chi connectivity index (χ1) is 12.7. The van der Waals surface area contributed by atoms with Crippen LogP contribution in [0.5, 0.6) is 0 Å².